The third kappa shape index (κ3) is 1.77. The molecule has 2 fully saturated rings. The number of rotatable bonds is 2. The van der Waals surface area contributed by atoms with Crippen molar-refractivity contribution >= 4 is 5.91 Å². The van der Waals surface area contributed by atoms with Crippen LogP contribution in [0.5, 0.6) is 11.5 Å². The van der Waals surface area contributed by atoms with Gasteiger partial charge in [-0.15, -0.1) is 0 Å². The molecule has 2 heterocycles. The normalized spacial score (nSPS) is 25.9. The molecule has 4 rings (SSSR count). The Kier molecular flexibility index (Phi) is 2.48. The summed E-state index contributed by atoms with van der Waals surface area (Å²) in [5.74, 6) is 1.28. The summed E-state index contributed by atoms with van der Waals surface area (Å²) in [6.07, 6.45) is 3.47. The van der Waals surface area contributed by atoms with Gasteiger partial charge in [-0.1, -0.05) is 0 Å². The van der Waals surface area contributed by atoms with Crippen LogP contribution in [0.3, 0.4) is 0 Å². The second-order valence-electron chi connectivity index (χ2n) is 5.83. The fourth-order valence-corrected chi connectivity index (χ4v) is 3.23. The first-order valence-electron chi connectivity index (χ1n) is 7.10. The number of ether oxygens (including phenoxy) is 2. The van der Waals surface area contributed by atoms with Gasteiger partial charge in [0.25, 0.3) is 5.91 Å². The molecule has 5 nitrogen and oxygen atoms in total. The van der Waals surface area contributed by atoms with E-state index >= 15 is 0 Å². The van der Waals surface area contributed by atoms with E-state index in [1.54, 1.807) is 18.2 Å². The minimum Gasteiger partial charge on any atom is -0.454 e. The molecule has 1 atom stereocenters. The van der Waals surface area contributed by atoms with Crippen LogP contribution in [-0.4, -0.2) is 40.9 Å². The van der Waals surface area contributed by atoms with Crippen LogP contribution in [0.15, 0.2) is 18.2 Å². The van der Waals surface area contributed by atoms with Gasteiger partial charge in [0.1, 0.15) is 0 Å². The predicted octanol–water partition coefficient (Wildman–Crippen LogP) is 1.54. The molecule has 1 aromatic rings. The van der Waals surface area contributed by atoms with Crippen LogP contribution in [0.2, 0.25) is 0 Å². The Balaban J connectivity index is 1.60. The van der Waals surface area contributed by atoms with E-state index in [0.717, 1.165) is 32.2 Å². The Morgan fingerprint density at radius 3 is 2.90 bits per heavy atom. The zero-order valence-corrected chi connectivity index (χ0v) is 11.2. The van der Waals surface area contributed by atoms with E-state index in [-0.39, 0.29) is 18.7 Å². The molecule has 0 spiro atoms. The second kappa shape index (κ2) is 4.12. The summed E-state index contributed by atoms with van der Waals surface area (Å²) >= 11 is 0. The first-order chi connectivity index (χ1) is 9.67. The summed E-state index contributed by atoms with van der Waals surface area (Å²) in [4.78, 5) is 14.5. The Morgan fingerprint density at radius 2 is 2.10 bits per heavy atom. The van der Waals surface area contributed by atoms with E-state index in [1.165, 1.54) is 0 Å². The van der Waals surface area contributed by atoms with Crippen molar-refractivity contribution in [2.24, 2.45) is 0 Å². The summed E-state index contributed by atoms with van der Waals surface area (Å²) in [5.41, 5.74) is -0.0342. The number of likely N-dealkylation sites (tertiary alicyclic amines) is 1. The highest BCUT2D eigenvalue weighted by Gasteiger charge is 2.52. The number of carbonyl (C=O) groups excluding carboxylic acids is 1. The standard InChI is InChI=1S/C15H17NO4/c17-14(10-3-4-11-12(8-10)20-9-19-11)16-7-1-2-13(16)15(18)5-6-15/h3-4,8,13,18H,1-2,5-7,9H2. The van der Waals surface area contributed by atoms with Crippen molar-refractivity contribution in [3.63, 3.8) is 0 Å². The van der Waals surface area contributed by atoms with E-state index in [4.69, 9.17) is 9.47 Å². The highest BCUT2D eigenvalue weighted by atomic mass is 16.7. The van der Waals surface area contributed by atoms with E-state index < -0.39 is 5.60 Å². The molecule has 106 valence electrons. The van der Waals surface area contributed by atoms with Gasteiger partial charge in [0.2, 0.25) is 6.79 Å². The number of hydrogen-bond acceptors (Lipinski definition) is 4. The van der Waals surface area contributed by atoms with Gasteiger partial charge in [-0.25, -0.2) is 0 Å². The first kappa shape index (κ1) is 12.0. The number of aliphatic hydroxyl groups is 1. The van der Waals surface area contributed by atoms with Gasteiger partial charge >= 0.3 is 0 Å². The van der Waals surface area contributed by atoms with Gasteiger partial charge < -0.3 is 19.5 Å². The molecule has 0 radical (unpaired) electrons. The summed E-state index contributed by atoms with van der Waals surface area (Å²) in [7, 11) is 0. The average molecular weight is 275 g/mol. The Bertz CT molecular complexity index is 567. The summed E-state index contributed by atoms with van der Waals surface area (Å²) in [6, 6.07) is 5.24. The molecule has 1 N–H and O–H groups in total. The molecule has 1 saturated carbocycles. The van der Waals surface area contributed by atoms with Crippen LogP contribution in [0.1, 0.15) is 36.0 Å². The van der Waals surface area contributed by atoms with Crippen LogP contribution < -0.4 is 9.47 Å². The van der Waals surface area contributed by atoms with Crippen molar-refractivity contribution in [2.45, 2.75) is 37.3 Å². The molecule has 20 heavy (non-hydrogen) atoms. The number of carbonyl (C=O) groups is 1. The molecular formula is C15H17NO4. The fourth-order valence-electron chi connectivity index (χ4n) is 3.23. The largest absolute Gasteiger partial charge is 0.454 e. The molecule has 1 saturated heterocycles. The number of fused-ring (bicyclic) bond motifs is 1. The Labute approximate surface area is 117 Å². The number of amides is 1. The van der Waals surface area contributed by atoms with E-state index in [9.17, 15) is 9.90 Å². The van der Waals surface area contributed by atoms with Crippen LogP contribution in [0, 0.1) is 0 Å². The summed E-state index contributed by atoms with van der Waals surface area (Å²) in [6.45, 7) is 0.930. The lowest BCUT2D eigenvalue weighted by Crippen LogP contribution is -2.44. The molecule has 1 aliphatic carbocycles. The molecule has 1 unspecified atom stereocenters. The zero-order chi connectivity index (χ0) is 13.7. The topological polar surface area (TPSA) is 59.0 Å². The lowest BCUT2D eigenvalue weighted by molar-refractivity contribution is 0.0386. The molecule has 1 amide bonds. The van der Waals surface area contributed by atoms with Crippen LogP contribution in [0.25, 0.3) is 0 Å². The van der Waals surface area contributed by atoms with Crippen molar-refractivity contribution in [1.29, 1.82) is 0 Å². The predicted molar refractivity (Wildman–Crippen MR) is 70.8 cm³/mol. The monoisotopic (exact) mass is 275 g/mol. The third-order valence-electron chi connectivity index (χ3n) is 4.52. The SMILES string of the molecule is O=C(c1ccc2c(c1)OCO2)N1CCCC1C1(O)CC1. The molecular weight excluding hydrogens is 258 g/mol. The molecule has 1 aromatic carbocycles. The maximum atomic E-state index is 12.7. The van der Waals surface area contributed by atoms with Crippen molar-refractivity contribution in [1.82, 2.24) is 4.90 Å². The summed E-state index contributed by atoms with van der Waals surface area (Å²) < 4.78 is 10.6. The van der Waals surface area contributed by atoms with Crippen LogP contribution in [-0.2, 0) is 0 Å². The van der Waals surface area contributed by atoms with Gasteiger partial charge in [-0.3, -0.25) is 4.79 Å². The van der Waals surface area contributed by atoms with Crippen molar-refractivity contribution in [2.75, 3.05) is 13.3 Å². The maximum Gasteiger partial charge on any atom is 0.254 e. The third-order valence-corrected chi connectivity index (χ3v) is 4.52. The van der Waals surface area contributed by atoms with Gasteiger partial charge in [-0.2, -0.15) is 0 Å². The molecule has 2 aliphatic heterocycles. The smallest absolute Gasteiger partial charge is 0.254 e. The maximum absolute atomic E-state index is 12.7. The van der Waals surface area contributed by atoms with Crippen LogP contribution >= 0.6 is 0 Å². The Morgan fingerprint density at radius 1 is 1.30 bits per heavy atom. The molecule has 3 aliphatic rings. The van der Waals surface area contributed by atoms with E-state index in [0.29, 0.717) is 17.1 Å². The number of benzene rings is 1. The highest BCUT2D eigenvalue weighted by molar-refractivity contribution is 5.95. The zero-order valence-electron chi connectivity index (χ0n) is 11.2. The average Bonchev–Trinajstić information content (AvgIpc) is 2.93. The van der Waals surface area contributed by atoms with Crippen molar-refractivity contribution < 1.29 is 19.4 Å². The lowest BCUT2D eigenvalue weighted by atomic mass is 10.1. The first-order valence-corrected chi connectivity index (χ1v) is 7.10. The van der Waals surface area contributed by atoms with Crippen molar-refractivity contribution in [3.05, 3.63) is 23.8 Å². The minimum absolute atomic E-state index is 0.0221. The molecule has 0 bridgehead atoms. The quantitative estimate of drug-likeness (QED) is 0.889. The van der Waals surface area contributed by atoms with Gasteiger partial charge in [0.15, 0.2) is 11.5 Å². The summed E-state index contributed by atoms with van der Waals surface area (Å²) in [5, 5.41) is 10.3. The van der Waals surface area contributed by atoms with E-state index in [1.807, 2.05) is 4.90 Å². The van der Waals surface area contributed by atoms with Gasteiger partial charge in [0, 0.05) is 12.1 Å². The molecule has 5 heteroatoms. The minimum atomic E-state index is -0.636. The van der Waals surface area contributed by atoms with Gasteiger partial charge in [0.05, 0.1) is 11.6 Å². The van der Waals surface area contributed by atoms with Crippen molar-refractivity contribution in [3.8, 4) is 11.5 Å². The van der Waals surface area contributed by atoms with E-state index in [2.05, 4.69) is 0 Å². The molecule has 0 aromatic heterocycles. The Hall–Kier alpha value is -1.75. The van der Waals surface area contributed by atoms with Gasteiger partial charge in [-0.05, 0) is 43.9 Å². The van der Waals surface area contributed by atoms with Crippen LogP contribution in [0.4, 0.5) is 0 Å². The fraction of sp³-hybridized carbons (Fsp3) is 0.533. The second-order valence-corrected chi connectivity index (χ2v) is 5.83. The number of hydrogen-bond donors (Lipinski definition) is 1. The highest BCUT2D eigenvalue weighted by Crippen LogP contribution is 2.45. The lowest BCUT2D eigenvalue weighted by Gasteiger charge is -2.28. The number of nitrogens with zero attached hydrogens (tertiary/aromatic N) is 1.